The Morgan fingerprint density at radius 2 is 1.66 bits per heavy atom. The third-order valence-electron chi connectivity index (χ3n) is 4.50. The van der Waals surface area contributed by atoms with Crippen molar-refractivity contribution < 1.29 is 22.7 Å². The van der Waals surface area contributed by atoms with Crippen LogP contribution in [0, 0.1) is 13.8 Å². The molecule has 0 aliphatic rings. The van der Waals surface area contributed by atoms with E-state index in [9.17, 15) is 13.2 Å². The first-order valence-corrected chi connectivity index (χ1v) is 11.6. The van der Waals surface area contributed by atoms with Gasteiger partial charge < -0.3 is 14.8 Å². The van der Waals surface area contributed by atoms with Crippen LogP contribution in [0.3, 0.4) is 0 Å². The molecule has 0 heterocycles. The molecule has 0 aliphatic carbocycles. The minimum absolute atomic E-state index is 0.0917. The zero-order chi connectivity index (χ0) is 23.0. The number of benzene rings is 3. The fourth-order valence-electron chi connectivity index (χ4n) is 2.98. The summed E-state index contributed by atoms with van der Waals surface area (Å²) in [6, 6.07) is 21.1. The van der Waals surface area contributed by atoms with Gasteiger partial charge in [-0.15, -0.1) is 0 Å². The van der Waals surface area contributed by atoms with Gasteiger partial charge in [0, 0.05) is 11.4 Å². The molecule has 0 saturated heterocycles. The molecule has 168 valence electrons. The Labute approximate surface area is 188 Å². The Kier molecular flexibility index (Phi) is 7.86. The molecule has 2 N–H and O–H groups in total. The molecule has 0 fully saturated rings. The Morgan fingerprint density at radius 1 is 0.875 bits per heavy atom. The Balaban J connectivity index is 1.54. The average Bonchev–Trinajstić information content (AvgIpc) is 2.75. The van der Waals surface area contributed by atoms with Crippen molar-refractivity contribution >= 4 is 27.3 Å². The van der Waals surface area contributed by atoms with E-state index in [1.807, 2.05) is 43.3 Å². The summed E-state index contributed by atoms with van der Waals surface area (Å²) in [5.74, 6) is 0.344. The number of nitrogens with one attached hydrogen (secondary N) is 2. The fourth-order valence-corrected chi connectivity index (χ4v) is 4.30. The van der Waals surface area contributed by atoms with Gasteiger partial charge >= 0.3 is 0 Å². The highest BCUT2D eigenvalue weighted by molar-refractivity contribution is 7.92. The molecular formula is C24H26N2O5S. The maximum absolute atomic E-state index is 12.9. The van der Waals surface area contributed by atoms with Gasteiger partial charge in [0.2, 0.25) is 5.91 Å². The summed E-state index contributed by atoms with van der Waals surface area (Å²) < 4.78 is 39.2. The van der Waals surface area contributed by atoms with Crippen LogP contribution < -0.4 is 14.8 Å². The van der Waals surface area contributed by atoms with Gasteiger partial charge in [0.25, 0.3) is 10.0 Å². The van der Waals surface area contributed by atoms with E-state index < -0.39 is 10.0 Å². The zero-order valence-electron chi connectivity index (χ0n) is 18.0. The summed E-state index contributed by atoms with van der Waals surface area (Å²) in [6.07, 6.45) is 0. The number of ether oxygens (including phenoxy) is 2. The van der Waals surface area contributed by atoms with Crippen molar-refractivity contribution in [2.45, 2.75) is 18.7 Å². The molecule has 0 spiro atoms. The molecule has 0 radical (unpaired) electrons. The number of hydrogen-bond acceptors (Lipinski definition) is 5. The maximum Gasteiger partial charge on any atom is 0.262 e. The molecule has 7 nitrogen and oxygen atoms in total. The van der Waals surface area contributed by atoms with Crippen molar-refractivity contribution in [1.82, 2.24) is 0 Å². The van der Waals surface area contributed by atoms with E-state index in [2.05, 4.69) is 10.0 Å². The molecule has 32 heavy (non-hydrogen) atoms. The van der Waals surface area contributed by atoms with E-state index >= 15 is 0 Å². The van der Waals surface area contributed by atoms with Gasteiger partial charge in [-0.1, -0.05) is 36.4 Å². The second-order valence-corrected chi connectivity index (χ2v) is 8.87. The Morgan fingerprint density at radius 3 is 2.41 bits per heavy atom. The first-order chi connectivity index (χ1) is 15.3. The number of hydrogen-bond donors (Lipinski definition) is 2. The van der Waals surface area contributed by atoms with Crippen molar-refractivity contribution in [3.8, 4) is 5.75 Å². The number of carbonyl (C=O) groups excluding carboxylic acids is 1. The lowest BCUT2D eigenvalue weighted by Crippen LogP contribution is -2.21. The third-order valence-corrected chi connectivity index (χ3v) is 6.03. The fraction of sp³-hybridized carbons (Fsp3) is 0.208. The molecule has 0 bridgehead atoms. The summed E-state index contributed by atoms with van der Waals surface area (Å²) in [5.41, 5.74) is 2.36. The third kappa shape index (κ3) is 6.83. The molecule has 0 unspecified atom stereocenters. The highest BCUT2D eigenvalue weighted by Crippen LogP contribution is 2.23. The quantitative estimate of drug-likeness (QED) is 0.449. The highest BCUT2D eigenvalue weighted by Gasteiger charge is 2.18. The highest BCUT2D eigenvalue weighted by atomic mass is 32.2. The van der Waals surface area contributed by atoms with Gasteiger partial charge in [0.05, 0.1) is 11.5 Å². The van der Waals surface area contributed by atoms with Gasteiger partial charge in [-0.05, 0) is 61.4 Å². The van der Waals surface area contributed by atoms with Gasteiger partial charge in [0.15, 0.2) is 0 Å². The van der Waals surface area contributed by atoms with Crippen molar-refractivity contribution in [3.05, 3.63) is 83.9 Å². The van der Waals surface area contributed by atoms with E-state index in [0.717, 1.165) is 11.3 Å². The van der Waals surface area contributed by atoms with Gasteiger partial charge in [0.1, 0.15) is 19.0 Å². The monoisotopic (exact) mass is 454 g/mol. The standard InChI is InChI=1S/C24H26N2O5S/c1-18-7-6-8-21(15-18)26-32(28,29)23-16-20(12-11-19(23)2)25-24(27)17-30-13-14-31-22-9-4-3-5-10-22/h3-12,15-16,26H,13-14,17H2,1-2H3,(H,25,27). The molecule has 3 aromatic carbocycles. The lowest BCUT2D eigenvalue weighted by Gasteiger charge is -2.13. The minimum Gasteiger partial charge on any atom is -0.491 e. The van der Waals surface area contributed by atoms with Crippen LogP contribution in [0.2, 0.25) is 0 Å². The zero-order valence-corrected chi connectivity index (χ0v) is 18.8. The van der Waals surface area contributed by atoms with Gasteiger partial charge in [-0.3, -0.25) is 9.52 Å². The van der Waals surface area contributed by atoms with Crippen LogP contribution in [-0.2, 0) is 19.6 Å². The summed E-state index contributed by atoms with van der Waals surface area (Å²) in [6.45, 7) is 3.97. The van der Waals surface area contributed by atoms with E-state index in [0.29, 0.717) is 23.5 Å². The lowest BCUT2D eigenvalue weighted by molar-refractivity contribution is -0.120. The summed E-state index contributed by atoms with van der Waals surface area (Å²) in [5, 5.41) is 2.67. The van der Waals surface area contributed by atoms with Crippen molar-refractivity contribution in [2.75, 3.05) is 29.9 Å². The normalized spacial score (nSPS) is 11.1. The summed E-state index contributed by atoms with van der Waals surface area (Å²) in [4.78, 5) is 12.3. The molecule has 0 atom stereocenters. The van der Waals surface area contributed by atoms with Crippen LogP contribution in [0.4, 0.5) is 11.4 Å². The van der Waals surface area contributed by atoms with Gasteiger partial charge in [-0.2, -0.15) is 0 Å². The predicted molar refractivity (Wildman–Crippen MR) is 125 cm³/mol. The van der Waals surface area contributed by atoms with Crippen LogP contribution in [-0.4, -0.2) is 34.1 Å². The molecule has 0 aliphatic heterocycles. The van der Waals surface area contributed by atoms with Crippen molar-refractivity contribution in [1.29, 1.82) is 0 Å². The topological polar surface area (TPSA) is 93.7 Å². The van der Waals surface area contributed by atoms with Crippen LogP contribution >= 0.6 is 0 Å². The van der Waals surface area contributed by atoms with Gasteiger partial charge in [-0.25, -0.2) is 8.42 Å². The largest absolute Gasteiger partial charge is 0.491 e. The lowest BCUT2D eigenvalue weighted by atomic mass is 10.2. The molecule has 0 aromatic heterocycles. The summed E-state index contributed by atoms with van der Waals surface area (Å²) in [7, 11) is -3.82. The SMILES string of the molecule is Cc1cccc(NS(=O)(=O)c2cc(NC(=O)COCCOc3ccccc3)ccc2C)c1. The second-order valence-electron chi connectivity index (χ2n) is 7.22. The van der Waals surface area contributed by atoms with Crippen molar-refractivity contribution in [2.24, 2.45) is 0 Å². The first kappa shape index (κ1) is 23.3. The number of anilines is 2. The molecule has 1 amide bonds. The molecule has 0 saturated carbocycles. The first-order valence-electron chi connectivity index (χ1n) is 10.1. The Hall–Kier alpha value is -3.36. The van der Waals surface area contributed by atoms with Crippen LogP contribution in [0.25, 0.3) is 0 Å². The minimum atomic E-state index is -3.82. The molecule has 3 aromatic rings. The van der Waals surface area contributed by atoms with Crippen LogP contribution in [0.15, 0.2) is 77.7 Å². The van der Waals surface area contributed by atoms with Crippen LogP contribution in [0.1, 0.15) is 11.1 Å². The number of sulfonamides is 1. The molecule has 3 rings (SSSR count). The second kappa shape index (κ2) is 10.8. The number of amides is 1. The Bertz CT molecular complexity index is 1160. The van der Waals surface area contributed by atoms with E-state index in [4.69, 9.17) is 9.47 Å². The smallest absolute Gasteiger partial charge is 0.262 e. The summed E-state index contributed by atoms with van der Waals surface area (Å²) >= 11 is 0. The van der Waals surface area contributed by atoms with E-state index in [1.54, 1.807) is 37.3 Å². The average molecular weight is 455 g/mol. The van der Waals surface area contributed by atoms with Crippen LogP contribution in [0.5, 0.6) is 5.75 Å². The van der Waals surface area contributed by atoms with E-state index in [1.165, 1.54) is 6.07 Å². The number of aryl methyl sites for hydroxylation is 2. The number of carbonyl (C=O) groups is 1. The molecular weight excluding hydrogens is 428 g/mol. The van der Waals surface area contributed by atoms with Crippen molar-refractivity contribution in [3.63, 3.8) is 0 Å². The number of rotatable bonds is 10. The molecule has 8 heteroatoms. The maximum atomic E-state index is 12.9. The van der Waals surface area contributed by atoms with E-state index in [-0.39, 0.29) is 24.0 Å². The number of para-hydroxylation sites is 1. The predicted octanol–water partition coefficient (Wildman–Crippen LogP) is 4.14.